The van der Waals surface area contributed by atoms with Crippen LogP contribution in [0.3, 0.4) is 0 Å². The molecule has 2 N–H and O–H groups in total. The number of benzene rings is 1. The number of carbonyl (C=O) groups excluding carboxylic acids is 3. The summed E-state index contributed by atoms with van der Waals surface area (Å²) >= 11 is 0. The maximum Gasteiger partial charge on any atom is 0.325 e. The first-order valence-electron chi connectivity index (χ1n) is 7.82. The molecule has 4 amide bonds. The quantitative estimate of drug-likeness (QED) is 0.819. The highest BCUT2D eigenvalue weighted by Gasteiger charge is 2.30. The van der Waals surface area contributed by atoms with Crippen molar-refractivity contribution >= 4 is 23.5 Å². The predicted octanol–water partition coefficient (Wildman–Crippen LogP) is 2.42. The summed E-state index contributed by atoms with van der Waals surface area (Å²) in [5.74, 6) is -0.252. The van der Waals surface area contributed by atoms with Gasteiger partial charge in [-0.1, -0.05) is 45.9 Å². The van der Waals surface area contributed by atoms with E-state index in [0.29, 0.717) is 0 Å². The van der Waals surface area contributed by atoms with Crippen molar-refractivity contribution in [3.8, 4) is 0 Å². The molecule has 0 radical (unpaired) electrons. The van der Waals surface area contributed by atoms with Crippen molar-refractivity contribution in [2.75, 3.05) is 18.4 Å². The van der Waals surface area contributed by atoms with Crippen LogP contribution in [0.4, 0.5) is 10.5 Å². The van der Waals surface area contributed by atoms with Gasteiger partial charge in [-0.05, 0) is 23.0 Å². The van der Waals surface area contributed by atoms with E-state index in [1.54, 1.807) is 0 Å². The van der Waals surface area contributed by atoms with Crippen LogP contribution in [-0.2, 0) is 9.59 Å². The molecule has 0 bridgehead atoms. The third-order valence-electron chi connectivity index (χ3n) is 3.88. The highest BCUT2D eigenvalue weighted by molar-refractivity contribution is 6.06. The van der Waals surface area contributed by atoms with Crippen LogP contribution >= 0.6 is 0 Å². The molecule has 23 heavy (non-hydrogen) atoms. The van der Waals surface area contributed by atoms with Crippen LogP contribution < -0.4 is 10.6 Å². The number of para-hydroxylation sites is 1. The van der Waals surface area contributed by atoms with Gasteiger partial charge >= 0.3 is 6.03 Å². The highest BCUT2D eigenvalue weighted by Crippen LogP contribution is 2.32. The minimum Gasteiger partial charge on any atom is -0.329 e. The van der Waals surface area contributed by atoms with Crippen LogP contribution in [0.15, 0.2) is 18.2 Å². The van der Waals surface area contributed by atoms with E-state index < -0.39 is 6.03 Å². The Labute approximate surface area is 136 Å². The van der Waals surface area contributed by atoms with Gasteiger partial charge in [-0.25, -0.2) is 4.79 Å². The summed E-state index contributed by atoms with van der Waals surface area (Å²) in [4.78, 5) is 36.4. The lowest BCUT2D eigenvalue weighted by molar-refractivity contribution is -0.128. The van der Waals surface area contributed by atoms with Gasteiger partial charge in [0.05, 0.1) is 6.54 Å². The lowest BCUT2D eigenvalue weighted by Gasteiger charge is -2.21. The molecular weight excluding hydrogens is 294 g/mol. The van der Waals surface area contributed by atoms with Crippen LogP contribution in [0.2, 0.25) is 0 Å². The Kier molecular flexibility index (Phi) is 5.03. The molecule has 1 saturated heterocycles. The van der Waals surface area contributed by atoms with Gasteiger partial charge in [-0.2, -0.15) is 0 Å². The fraction of sp³-hybridized carbons (Fsp3) is 0.471. The molecule has 6 heteroatoms. The molecule has 0 spiro atoms. The van der Waals surface area contributed by atoms with E-state index >= 15 is 0 Å². The molecule has 1 heterocycles. The van der Waals surface area contributed by atoms with Gasteiger partial charge in [0.15, 0.2) is 0 Å². The van der Waals surface area contributed by atoms with E-state index in [1.165, 1.54) is 0 Å². The third kappa shape index (κ3) is 3.70. The van der Waals surface area contributed by atoms with Crippen molar-refractivity contribution in [3.63, 3.8) is 0 Å². The minimum absolute atomic E-state index is 0.0497. The Morgan fingerprint density at radius 1 is 1.17 bits per heavy atom. The van der Waals surface area contributed by atoms with Gasteiger partial charge in [-0.3, -0.25) is 14.5 Å². The summed E-state index contributed by atoms with van der Waals surface area (Å²) in [7, 11) is 0. The Morgan fingerprint density at radius 3 is 2.17 bits per heavy atom. The number of nitrogens with one attached hydrogen (secondary N) is 2. The molecule has 2 rings (SSSR count). The molecule has 0 atom stereocenters. The van der Waals surface area contributed by atoms with Gasteiger partial charge in [-0.15, -0.1) is 0 Å². The third-order valence-corrected chi connectivity index (χ3v) is 3.88. The van der Waals surface area contributed by atoms with Gasteiger partial charge < -0.3 is 10.6 Å². The lowest BCUT2D eigenvalue weighted by Crippen LogP contribution is -2.38. The monoisotopic (exact) mass is 317 g/mol. The first kappa shape index (κ1) is 17.0. The van der Waals surface area contributed by atoms with Crippen LogP contribution in [0, 0.1) is 0 Å². The number of hydrogen-bond acceptors (Lipinski definition) is 3. The number of urea groups is 1. The zero-order valence-corrected chi connectivity index (χ0v) is 14.0. The number of carbonyl (C=O) groups is 3. The zero-order valence-electron chi connectivity index (χ0n) is 14.0. The first-order valence-corrected chi connectivity index (χ1v) is 7.82. The first-order chi connectivity index (χ1) is 10.8. The van der Waals surface area contributed by atoms with Crippen molar-refractivity contribution in [3.05, 3.63) is 29.3 Å². The SMILES string of the molecule is CC(C)c1cccc(C(C)C)c1NC(=O)CN1C(=O)CNC1=O. The van der Waals surface area contributed by atoms with Crippen molar-refractivity contribution in [1.29, 1.82) is 0 Å². The maximum atomic E-state index is 12.3. The largest absolute Gasteiger partial charge is 0.329 e. The molecular formula is C17H23N3O3. The highest BCUT2D eigenvalue weighted by atomic mass is 16.2. The normalized spacial score (nSPS) is 14.6. The summed E-state index contributed by atoms with van der Waals surface area (Å²) in [5, 5.41) is 5.30. The van der Waals surface area contributed by atoms with Gasteiger partial charge in [0, 0.05) is 5.69 Å². The summed E-state index contributed by atoms with van der Waals surface area (Å²) in [5.41, 5.74) is 2.87. The molecule has 1 aliphatic rings. The van der Waals surface area contributed by atoms with E-state index in [4.69, 9.17) is 0 Å². The van der Waals surface area contributed by atoms with Crippen LogP contribution in [-0.4, -0.2) is 35.8 Å². The average molecular weight is 317 g/mol. The van der Waals surface area contributed by atoms with Crippen molar-refractivity contribution < 1.29 is 14.4 Å². The molecule has 6 nitrogen and oxygen atoms in total. The van der Waals surface area contributed by atoms with Crippen LogP contribution in [0.25, 0.3) is 0 Å². The molecule has 1 aromatic rings. The second-order valence-corrected chi connectivity index (χ2v) is 6.31. The molecule has 1 aliphatic heterocycles. The van der Waals surface area contributed by atoms with Crippen LogP contribution in [0.5, 0.6) is 0 Å². The van der Waals surface area contributed by atoms with Crippen molar-refractivity contribution in [2.45, 2.75) is 39.5 Å². The average Bonchev–Trinajstić information content (AvgIpc) is 2.78. The maximum absolute atomic E-state index is 12.3. The molecule has 0 saturated carbocycles. The minimum atomic E-state index is -0.522. The van der Waals surface area contributed by atoms with Crippen molar-refractivity contribution in [1.82, 2.24) is 10.2 Å². The topological polar surface area (TPSA) is 78.5 Å². The fourth-order valence-electron chi connectivity index (χ4n) is 2.63. The van der Waals surface area contributed by atoms with E-state index in [9.17, 15) is 14.4 Å². The Hall–Kier alpha value is -2.37. The Balaban J connectivity index is 2.23. The second-order valence-electron chi connectivity index (χ2n) is 6.31. The summed E-state index contributed by atoms with van der Waals surface area (Å²) < 4.78 is 0. The second kappa shape index (κ2) is 6.81. The number of hydrogen-bond donors (Lipinski definition) is 2. The van der Waals surface area contributed by atoms with Gasteiger partial charge in [0.1, 0.15) is 6.54 Å². The van der Waals surface area contributed by atoms with E-state index in [0.717, 1.165) is 21.7 Å². The molecule has 0 aliphatic carbocycles. The van der Waals surface area contributed by atoms with E-state index in [1.807, 2.05) is 18.2 Å². The standard InChI is InChI=1S/C17H23N3O3/c1-10(2)12-6-5-7-13(11(3)4)16(12)19-14(21)9-20-15(22)8-18-17(20)23/h5-7,10-11H,8-9H2,1-4H3,(H,18,23)(H,19,21). The number of anilines is 1. The Morgan fingerprint density at radius 2 is 1.74 bits per heavy atom. The number of rotatable bonds is 5. The lowest BCUT2D eigenvalue weighted by atomic mass is 9.92. The summed E-state index contributed by atoms with van der Waals surface area (Å²) in [6, 6.07) is 5.43. The fourth-order valence-corrected chi connectivity index (χ4v) is 2.63. The number of amides is 4. The molecule has 1 aromatic carbocycles. The summed E-state index contributed by atoms with van der Waals surface area (Å²) in [6.45, 7) is 7.93. The predicted molar refractivity (Wildman–Crippen MR) is 88.4 cm³/mol. The smallest absolute Gasteiger partial charge is 0.325 e. The zero-order chi connectivity index (χ0) is 17.1. The Bertz CT molecular complexity index is 596. The summed E-state index contributed by atoms with van der Waals surface area (Å²) in [6.07, 6.45) is 0. The molecule has 0 unspecified atom stereocenters. The van der Waals surface area contributed by atoms with Gasteiger partial charge in [0.2, 0.25) is 5.91 Å². The van der Waals surface area contributed by atoms with E-state index in [2.05, 4.69) is 38.3 Å². The number of nitrogens with zero attached hydrogens (tertiary/aromatic N) is 1. The van der Waals surface area contributed by atoms with E-state index in [-0.39, 0.29) is 36.7 Å². The van der Waals surface area contributed by atoms with Gasteiger partial charge in [0.25, 0.3) is 5.91 Å². The molecule has 1 fully saturated rings. The molecule has 124 valence electrons. The number of imide groups is 1. The van der Waals surface area contributed by atoms with Crippen molar-refractivity contribution in [2.24, 2.45) is 0 Å². The van der Waals surface area contributed by atoms with Crippen LogP contribution in [0.1, 0.15) is 50.7 Å². The molecule has 0 aromatic heterocycles.